The Balaban J connectivity index is 0.00000385. The first-order valence-corrected chi connectivity index (χ1v) is 11.2. The highest BCUT2D eigenvalue weighted by Crippen LogP contribution is 2.14. The van der Waals surface area contributed by atoms with Crippen LogP contribution >= 0.6 is 24.0 Å². The van der Waals surface area contributed by atoms with E-state index in [1.165, 1.54) is 6.42 Å². The van der Waals surface area contributed by atoms with Crippen LogP contribution in [0.1, 0.15) is 51.1 Å². The van der Waals surface area contributed by atoms with Crippen LogP contribution in [0.4, 0.5) is 0 Å². The fourth-order valence-corrected chi connectivity index (χ4v) is 3.79. The number of carbonyl (C=O) groups excluding carboxylic acids is 2. The highest BCUT2D eigenvalue weighted by molar-refractivity contribution is 14.0. The number of rotatable bonds is 7. The molecule has 0 radical (unpaired) electrons. The molecule has 7 nitrogen and oxygen atoms in total. The Bertz CT molecular complexity index is 940. The van der Waals surface area contributed by atoms with E-state index in [0.29, 0.717) is 24.6 Å². The monoisotopic (exact) mass is 563 g/mol. The smallest absolute Gasteiger partial charge is 0.253 e. The van der Waals surface area contributed by atoms with Gasteiger partial charge in [0.05, 0.1) is 0 Å². The lowest BCUT2D eigenvalue weighted by Crippen LogP contribution is -2.38. The van der Waals surface area contributed by atoms with Gasteiger partial charge in [0.2, 0.25) is 0 Å². The van der Waals surface area contributed by atoms with Crippen molar-refractivity contribution in [3.8, 4) is 0 Å². The summed E-state index contributed by atoms with van der Waals surface area (Å²) in [5.74, 6) is 0.754. The summed E-state index contributed by atoms with van der Waals surface area (Å²) in [5.41, 5.74) is 3.58. The Morgan fingerprint density at radius 2 is 1.67 bits per heavy atom. The van der Waals surface area contributed by atoms with Gasteiger partial charge in [-0.2, -0.15) is 0 Å². The van der Waals surface area contributed by atoms with Crippen LogP contribution in [0.3, 0.4) is 0 Å². The van der Waals surface area contributed by atoms with E-state index < -0.39 is 0 Å². The fourth-order valence-electron chi connectivity index (χ4n) is 3.79. The van der Waals surface area contributed by atoms with Gasteiger partial charge in [0, 0.05) is 51.4 Å². The molecule has 1 heterocycles. The van der Waals surface area contributed by atoms with Gasteiger partial charge < -0.3 is 20.9 Å². The van der Waals surface area contributed by atoms with E-state index in [1.54, 1.807) is 14.1 Å². The van der Waals surface area contributed by atoms with E-state index in [4.69, 9.17) is 0 Å². The number of aliphatic imine (C=N–C) groups is 1. The van der Waals surface area contributed by atoms with E-state index in [1.807, 2.05) is 53.4 Å². The molecule has 2 amide bonds. The average Bonchev–Trinajstić information content (AvgIpc) is 2.86. The highest BCUT2D eigenvalue weighted by Gasteiger charge is 2.17. The molecule has 0 spiro atoms. The van der Waals surface area contributed by atoms with Crippen LogP contribution < -0.4 is 16.0 Å². The second-order valence-electron chi connectivity index (χ2n) is 7.93. The summed E-state index contributed by atoms with van der Waals surface area (Å²) in [4.78, 5) is 30.6. The summed E-state index contributed by atoms with van der Waals surface area (Å²) in [6.07, 6.45) is 4.18. The van der Waals surface area contributed by atoms with Crippen LogP contribution in [-0.2, 0) is 13.0 Å². The molecule has 0 saturated carbocycles. The average molecular weight is 563 g/mol. The number of amides is 2. The number of nitrogens with zero attached hydrogens (tertiary/aromatic N) is 2. The molecule has 2 aromatic carbocycles. The number of likely N-dealkylation sites (tertiary alicyclic amines) is 1. The van der Waals surface area contributed by atoms with Crippen LogP contribution in [0.15, 0.2) is 53.5 Å². The lowest BCUT2D eigenvalue weighted by molar-refractivity contribution is 0.0724. The summed E-state index contributed by atoms with van der Waals surface area (Å²) in [5, 5.41) is 9.25. The number of benzene rings is 2. The first-order valence-electron chi connectivity index (χ1n) is 11.2. The molecule has 0 aromatic heterocycles. The van der Waals surface area contributed by atoms with Crippen molar-refractivity contribution in [1.29, 1.82) is 0 Å². The van der Waals surface area contributed by atoms with Crippen molar-refractivity contribution in [2.75, 3.05) is 33.7 Å². The van der Waals surface area contributed by atoms with Crippen molar-refractivity contribution in [1.82, 2.24) is 20.9 Å². The molecule has 33 heavy (non-hydrogen) atoms. The van der Waals surface area contributed by atoms with Gasteiger partial charge in [0.25, 0.3) is 11.8 Å². The number of hydrogen-bond donors (Lipinski definition) is 3. The number of guanidine groups is 1. The standard InChI is InChI=1S/C25H33N5O2.HI/c1-26-23(31)22-8-6-7-19(17-22)13-14-28-25(27-2)29-18-20-9-11-21(12-10-20)24(32)30-15-4-3-5-16-30;/h6-12,17H,3-5,13-16,18H2,1-2H3,(H,26,31)(H2,27,28,29);1H. The molecule has 0 aliphatic carbocycles. The summed E-state index contributed by atoms with van der Waals surface area (Å²) >= 11 is 0. The Morgan fingerprint density at radius 3 is 2.33 bits per heavy atom. The van der Waals surface area contributed by atoms with Crippen LogP contribution in [0.2, 0.25) is 0 Å². The topological polar surface area (TPSA) is 85.8 Å². The number of carbonyl (C=O) groups is 2. The Hall–Kier alpha value is -2.62. The quantitative estimate of drug-likeness (QED) is 0.275. The van der Waals surface area contributed by atoms with Crippen molar-refractivity contribution < 1.29 is 9.59 Å². The number of piperidine rings is 1. The predicted molar refractivity (Wildman–Crippen MR) is 143 cm³/mol. The molecule has 1 aliphatic heterocycles. The number of hydrogen-bond acceptors (Lipinski definition) is 3. The summed E-state index contributed by atoms with van der Waals surface area (Å²) in [6, 6.07) is 15.4. The molecule has 0 atom stereocenters. The van der Waals surface area contributed by atoms with Crippen molar-refractivity contribution >= 4 is 41.8 Å². The molecule has 178 valence electrons. The molecule has 1 saturated heterocycles. The second kappa shape index (κ2) is 13.8. The normalized spacial score (nSPS) is 13.6. The molecule has 2 aromatic rings. The number of nitrogens with one attached hydrogen (secondary N) is 3. The van der Waals surface area contributed by atoms with E-state index in [2.05, 4.69) is 20.9 Å². The summed E-state index contributed by atoms with van der Waals surface area (Å²) in [7, 11) is 3.37. The van der Waals surface area contributed by atoms with Crippen LogP contribution in [0.5, 0.6) is 0 Å². The largest absolute Gasteiger partial charge is 0.356 e. The molecule has 3 rings (SSSR count). The zero-order valence-corrected chi connectivity index (χ0v) is 21.7. The molecule has 0 bridgehead atoms. The first kappa shape index (κ1) is 26.6. The Kier molecular flexibility index (Phi) is 11.2. The fraction of sp³-hybridized carbons (Fsp3) is 0.400. The van der Waals surface area contributed by atoms with Gasteiger partial charge in [-0.3, -0.25) is 14.6 Å². The lowest BCUT2D eigenvalue weighted by atomic mass is 10.1. The zero-order valence-electron chi connectivity index (χ0n) is 19.4. The third-order valence-electron chi connectivity index (χ3n) is 5.65. The van der Waals surface area contributed by atoms with Crippen LogP contribution in [-0.4, -0.2) is 56.4 Å². The van der Waals surface area contributed by atoms with Gasteiger partial charge in [0.1, 0.15) is 0 Å². The van der Waals surface area contributed by atoms with E-state index in [-0.39, 0.29) is 35.8 Å². The minimum absolute atomic E-state index is 0. The Labute approximate surface area is 213 Å². The third kappa shape index (κ3) is 8.03. The minimum Gasteiger partial charge on any atom is -0.356 e. The minimum atomic E-state index is -0.0825. The number of halogens is 1. The van der Waals surface area contributed by atoms with Gasteiger partial charge in [-0.05, 0) is 61.1 Å². The maximum absolute atomic E-state index is 12.6. The first-order chi connectivity index (χ1) is 15.6. The van der Waals surface area contributed by atoms with Crippen molar-refractivity contribution in [2.45, 2.75) is 32.2 Å². The van der Waals surface area contributed by atoms with Crippen LogP contribution in [0, 0.1) is 0 Å². The van der Waals surface area contributed by atoms with E-state index in [0.717, 1.165) is 49.0 Å². The van der Waals surface area contributed by atoms with Crippen molar-refractivity contribution in [2.24, 2.45) is 4.99 Å². The predicted octanol–water partition coefficient (Wildman–Crippen LogP) is 3.20. The summed E-state index contributed by atoms with van der Waals surface area (Å²) in [6.45, 7) is 3.03. The van der Waals surface area contributed by atoms with Gasteiger partial charge in [-0.15, -0.1) is 24.0 Å². The van der Waals surface area contributed by atoms with Crippen LogP contribution in [0.25, 0.3) is 0 Å². The van der Waals surface area contributed by atoms with Gasteiger partial charge in [-0.1, -0.05) is 24.3 Å². The second-order valence-corrected chi connectivity index (χ2v) is 7.93. The molecular formula is C25H34IN5O2. The molecule has 1 fully saturated rings. The molecule has 1 aliphatic rings. The highest BCUT2D eigenvalue weighted by atomic mass is 127. The van der Waals surface area contributed by atoms with E-state index in [9.17, 15) is 9.59 Å². The van der Waals surface area contributed by atoms with Gasteiger partial charge >= 0.3 is 0 Å². The van der Waals surface area contributed by atoms with Gasteiger partial charge in [0.15, 0.2) is 5.96 Å². The zero-order chi connectivity index (χ0) is 22.8. The third-order valence-corrected chi connectivity index (χ3v) is 5.65. The Morgan fingerprint density at radius 1 is 0.939 bits per heavy atom. The molecular weight excluding hydrogens is 529 g/mol. The maximum atomic E-state index is 12.6. The van der Waals surface area contributed by atoms with E-state index >= 15 is 0 Å². The molecule has 8 heteroatoms. The van der Waals surface area contributed by atoms with Crippen molar-refractivity contribution in [3.63, 3.8) is 0 Å². The SMILES string of the molecule is CN=C(NCCc1cccc(C(=O)NC)c1)NCc1ccc(C(=O)N2CCCCC2)cc1.I. The van der Waals surface area contributed by atoms with Gasteiger partial charge in [-0.25, -0.2) is 0 Å². The molecule has 3 N–H and O–H groups in total. The molecule has 0 unspecified atom stereocenters. The maximum Gasteiger partial charge on any atom is 0.253 e. The van der Waals surface area contributed by atoms with Crippen molar-refractivity contribution in [3.05, 3.63) is 70.8 Å². The summed E-state index contributed by atoms with van der Waals surface area (Å²) < 4.78 is 0. The lowest BCUT2D eigenvalue weighted by Gasteiger charge is -2.26.